The molecule has 3 aromatic rings. The van der Waals surface area contributed by atoms with Gasteiger partial charge >= 0.3 is 6.18 Å². The van der Waals surface area contributed by atoms with E-state index in [0.29, 0.717) is 11.7 Å². The Labute approximate surface area is 145 Å². The number of amides is 1. The van der Waals surface area contributed by atoms with Crippen molar-refractivity contribution in [2.24, 2.45) is 14.1 Å². The van der Waals surface area contributed by atoms with Crippen LogP contribution in [0.2, 0.25) is 0 Å². The van der Waals surface area contributed by atoms with Crippen LogP contribution >= 0.6 is 0 Å². The average Bonchev–Trinajstić information content (AvgIpc) is 2.90. The number of hydrogen-bond acceptors (Lipinski definition) is 3. The molecule has 0 unspecified atom stereocenters. The molecule has 3 rings (SSSR count). The van der Waals surface area contributed by atoms with Gasteiger partial charge in [-0.25, -0.2) is 4.98 Å². The summed E-state index contributed by atoms with van der Waals surface area (Å²) >= 11 is 0. The number of alkyl halides is 3. The second kappa shape index (κ2) is 6.01. The molecule has 0 aromatic carbocycles. The highest BCUT2D eigenvalue weighted by atomic mass is 19.4. The van der Waals surface area contributed by atoms with Gasteiger partial charge in [0, 0.05) is 32.7 Å². The predicted octanol–water partition coefficient (Wildman–Crippen LogP) is 2.85. The predicted molar refractivity (Wildman–Crippen MR) is 90.1 cm³/mol. The summed E-state index contributed by atoms with van der Waals surface area (Å²) < 4.78 is 40.8. The highest BCUT2D eigenvalue weighted by Crippen LogP contribution is 2.29. The number of aryl methyl sites for hydroxylation is 3. The topological polar surface area (TPSA) is 68.9 Å². The van der Waals surface area contributed by atoms with Crippen molar-refractivity contribution in [1.82, 2.24) is 14.1 Å². The first-order chi connectivity index (χ1) is 12.1. The molecule has 0 saturated heterocycles. The highest BCUT2D eigenvalue weighted by Gasteiger charge is 2.30. The van der Waals surface area contributed by atoms with Crippen LogP contribution in [-0.2, 0) is 20.3 Å². The summed E-state index contributed by atoms with van der Waals surface area (Å²) in [5, 5.41) is 2.68. The molecular formula is C17H15F3N4O2. The van der Waals surface area contributed by atoms with E-state index in [-0.39, 0.29) is 22.3 Å². The number of carbonyl (C=O) groups is 1. The lowest BCUT2D eigenvalue weighted by Crippen LogP contribution is -2.20. The van der Waals surface area contributed by atoms with E-state index in [1.807, 2.05) is 6.92 Å². The molecule has 3 heterocycles. The van der Waals surface area contributed by atoms with E-state index in [0.717, 1.165) is 17.7 Å². The van der Waals surface area contributed by atoms with Crippen LogP contribution in [0.3, 0.4) is 0 Å². The fourth-order valence-electron chi connectivity index (χ4n) is 2.90. The van der Waals surface area contributed by atoms with Crippen LogP contribution in [0.5, 0.6) is 0 Å². The van der Waals surface area contributed by atoms with Gasteiger partial charge in [-0.15, -0.1) is 0 Å². The van der Waals surface area contributed by atoms with Gasteiger partial charge in [0.15, 0.2) is 0 Å². The summed E-state index contributed by atoms with van der Waals surface area (Å²) in [5.41, 5.74) is 0.324. The lowest BCUT2D eigenvalue weighted by Gasteiger charge is -2.08. The molecule has 26 heavy (non-hydrogen) atoms. The van der Waals surface area contributed by atoms with Crippen molar-refractivity contribution >= 4 is 22.6 Å². The van der Waals surface area contributed by atoms with Crippen LogP contribution < -0.4 is 10.9 Å². The molecule has 1 N–H and O–H groups in total. The maximum Gasteiger partial charge on any atom is 0.417 e. The molecular weight excluding hydrogens is 349 g/mol. The quantitative estimate of drug-likeness (QED) is 0.760. The summed E-state index contributed by atoms with van der Waals surface area (Å²) in [6.45, 7) is 1.82. The first-order valence-electron chi connectivity index (χ1n) is 7.59. The van der Waals surface area contributed by atoms with Gasteiger partial charge in [-0.1, -0.05) is 0 Å². The van der Waals surface area contributed by atoms with E-state index < -0.39 is 17.6 Å². The van der Waals surface area contributed by atoms with Crippen molar-refractivity contribution in [3.05, 3.63) is 57.8 Å². The van der Waals surface area contributed by atoms with Gasteiger partial charge in [-0.3, -0.25) is 9.59 Å². The highest BCUT2D eigenvalue weighted by molar-refractivity contribution is 6.12. The fraction of sp³-hybridized carbons (Fsp3) is 0.235. The van der Waals surface area contributed by atoms with Gasteiger partial charge in [0.2, 0.25) is 0 Å². The minimum Gasteiger partial charge on any atom is -0.349 e. The SMILES string of the molecule is Cc1cn(C)c(=O)c2c(C(=O)Nc3ccc(C(F)(F)F)cn3)cn(C)c12. The van der Waals surface area contributed by atoms with Gasteiger partial charge in [-0.2, -0.15) is 13.2 Å². The van der Waals surface area contributed by atoms with Gasteiger partial charge < -0.3 is 14.5 Å². The molecule has 9 heteroatoms. The Morgan fingerprint density at radius 2 is 1.85 bits per heavy atom. The summed E-state index contributed by atoms with van der Waals surface area (Å²) in [7, 11) is 3.29. The number of hydrogen-bond donors (Lipinski definition) is 1. The van der Waals surface area contributed by atoms with Crippen molar-refractivity contribution < 1.29 is 18.0 Å². The Bertz CT molecular complexity index is 1060. The molecule has 0 atom stereocenters. The molecule has 0 aliphatic carbocycles. The van der Waals surface area contributed by atoms with E-state index in [4.69, 9.17) is 0 Å². The summed E-state index contributed by atoms with van der Waals surface area (Å²) in [4.78, 5) is 28.6. The van der Waals surface area contributed by atoms with Gasteiger partial charge in [0.1, 0.15) is 5.82 Å². The van der Waals surface area contributed by atoms with Crippen LogP contribution in [0.4, 0.5) is 19.0 Å². The molecule has 6 nitrogen and oxygen atoms in total. The van der Waals surface area contributed by atoms with Gasteiger partial charge in [-0.05, 0) is 24.6 Å². The molecule has 0 bridgehead atoms. The summed E-state index contributed by atoms with van der Waals surface area (Å²) in [5.74, 6) is -0.657. The third-order valence-corrected chi connectivity index (χ3v) is 4.05. The lowest BCUT2D eigenvalue weighted by molar-refractivity contribution is -0.137. The van der Waals surface area contributed by atoms with Crippen LogP contribution in [0.15, 0.2) is 35.5 Å². The standard InChI is InChI=1S/C17H15F3N4O2/c1-9-7-24(3)16(26)13-11(8-23(2)14(9)13)15(25)22-12-5-4-10(6-21-12)17(18,19)20/h4-8H,1-3H3,(H,21,22,25). The third-order valence-electron chi connectivity index (χ3n) is 4.05. The van der Waals surface area contributed by atoms with Crippen LogP contribution in [0, 0.1) is 6.92 Å². The first kappa shape index (κ1) is 17.7. The Balaban J connectivity index is 2.00. The summed E-state index contributed by atoms with van der Waals surface area (Å²) in [6, 6.07) is 1.89. The van der Waals surface area contributed by atoms with E-state index in [1.54, 1.807) is 24.9 Å². The van der Waals surface area contributed by atoms with E-state index in [1.165, 1.54) is 10.8 Å². The Morgan fingerprint density at radius 3 is 2.42 bits per heavy atom. The number of nitrogens with one attached hydrogen (secondary N) is 1. The minimum atomic E-state index is -4.51. The molecule has 0 aliphatic heterocycles. The summed E-state index contributed by atoms with van der Waals surface area (Å²) in [6.07, 6.45) is -0.681. The van der Waals surface area contributed by atoms with Crippen LogP contribution in [-0.4, -0.2) is 20.0 Å². The number of halogens is 3. The largest absolute Gasteiger partial charge is 0.417 e. The van der Waals surface area contributed by atoms with Crippen molar-refractivity contribution in [2.45, 2.75) is 13.1 Å². The van der Waals surface area contributed by atoms with Crippen molar-refractivity contribution in [3.63, 3.8) is 0 Å². The molecule has 3 aromatic heterocycles. The molecule has 0 spiro atoms. The van der Waals surface area contributed by atoms with E-state index >= 15 is 0 Å². The zero-order chi connectivity index (χ0) is 19.2. The number of nitrogens with zero attached hydrogens (tertiary/aromatic N) is 3. The smallest absolute Gasteiger partial charge is 0.349 e. The normalized spacial score (nSPS) is 11.8. The molecule has 0 saturated carbocycles. The zero-order valence-electron chi connectivity index (χ0n) is 14.2. The Kier molecular flexibility index (Phi) is 4.09. The maximum atomic E-state index is 12.6. The van der Waals surface area contributed by atoms with Crippen LogP contribution in [0.1, 0.15) is 21.5 Å². The second-order valence-corrected chi connectivity index (χ2v) is 5.99. The number of anilines is 1. The first-order valence-corrected chi connectivity index (χ1v) is 7.59. The van der Waals surface area contributed by atoms with Crippen molar-refractivity contribution in [3.8, 4) is 0 Å². The van der Waals surface area contributed by atoms with E-state index in [2.05, 4.69) is 10.3 Å². The number of fused-ring (bicyclic) bond motifs is 1. The van der Waals surface area contributed by atoms with Gasteiger partial charge in [0.25, 0.3) is 11.5 Å². The second-order valence-electron chi connectivity index (χ2n) is 5.99. The Morgan fingerprint density at radius 1 is 1.15 bits per heavy atom. The molecule has 0 fully saturated rings. The minimum absolute atomic E-state index is 0.0375. The van der Waals surface area contributed by atoms with E-state index in [9.17, 15) is 22.8 Å². The molecule has 0 radical (unpaired) electrons. The lowest BCUT2D eigenvalue weighted by atomic mass is 10.1. The van der Waals surface area contributed by atoms with Crippen molar-refractivity contribution in [2.75, 3.05) is 5.32 Å². The van der Waals surface area contributed by atoms with Gasteiger partial charge in [0.05, 0.1) is 22.0 Å². The number of carbonyl (C=O) groups excluding carboxylic acids is 1. The molecule has 0 aliphatic rings. The zero-order valence-corrected chi connectivity index (χ0v) is 14.2. The molecule has 1 amide bonds. The molecule has 136 valence electrons. The maximum absolute atomic E-state index is 12.6. The Hall–Kier alpha value is -3.10. The fourth-order valence-corrected chi connectivity index (χ4v) is 2.90. The number of rotatable bonds is 2. The van der Waals surface area contributed by atoms with Crippen molar-refractivity contribution in [1.29, 1.82) is 0 Å². The monoisotopic (exact) mass is 364 g/mol. The average molecular weight is 364 g/mol. The third kappa shape index (κ3) is 2.96. The number of aromatic nitrogens is 3. The van der Waals surface area contributed by atoms with Crippen LogP contribution in [0.25, 0.3) is 10.9 Å². The number of pyridine rings is 2.